The van der Waals surface area contributed by atoms with Crippen LogP contribution in [0, 0.1) is 0 Å². The second-order valence-electron chi connectivity index (χ2n) is 6.37. The molecule has 3 aromatic rings. The largest absolute Gasteiger partial charge is 0.490 e. The summed E-state index contributed by atoms with van der Waals surface area (Å²) in [6.07, 6.45) is 1.07. The number of carbonyl (C=O) groups is 1. The highest BCUT2D eigenvalue weighted by atomic mass is 35.5. The number of sulfone groups is 1. The predicted molar refractivity (Wildman–Crippen MR) is 108 cm³/mol. The summed E-state index contributed by atoms with van der Waals surface area (Å²) in [5, 5.41) is 3.82. The molecule has 8 heteroatoms. The van der Waals surface area contributed by atoms with Crippen molar-refractivity contribution in [1.29, 1.82) is 0 Å². The summed E-state index contributed by atoms with van der Waals surface area (Å²) in [4.78, 5) is 12.7. The molecule has 6 nitrogen and oxygen atoms in total. The third-order valence-electron chi connectivity index (χ3n) is 4.21. The van der Waals surface area contributed by atoms with Crippen LogP contribution in [-0.4, -0.2) is 27.2 Å². The van der Waals surface area contributed by atoms with Crippen LogP contribution >= 0.6 is 11.6 Å². The van der Waals surface area contributed by atoms with Gasteiger partial charge in [-0.3, -0.25) is 4.79 Å². The lowest BCUT2D eigenvalue weighted by atomic mass is 10.1. The molecule has 0 aliphatic carbocycles. The molecule has 0 aliphatic rings. The minimum atomic E-state index is -3.45. The maximum Gasteiger partial charge on any atom is 0.253 e. The highest BCUT2D eigenvalue weighted by Gasteiger charge is 2.20. The van der Waals surface area contributed by atoms with Gasteiger partial charge in [0.25, 0.3) is 5.91 Å². The standard InChI is InChI=1S/C20H20ClNO5S/c1-4-26-17-7-5-6-13-10-18(27-19(13)17)12(2)22-20(23)15-11-14(28(3,24)25)8-9-16(15)21/h5-12H,4H2,1-3H3,(H,22,23). The lowest BCUT2D eigenvalue weighted by Gasteiger charge is -2.13. The van der Waals surface area contributed by atoms with Gasteiger partial charge in [-0.1, -0.05) is 23.7 Å². The number of nitrogens with one attached hydrogen (secondary N) is 1. The fraction of sp³-hybridized carbons (Fsp3) is 0.250. The minimum absolute atomic E-state index is 0.0276. The van der Waals surface area contributed by atoms with E-state index >= 15 is 0 Å². The summed E-state index contributed by atoms with van der Waals surface area (Å²) in [6.45, 7) is 4.17. The molecule has 0 aliphatic heterocycles. The highest BCUT2D eigenvalue weighted by molar-refractivity contribution is 7.90. The van der Waals surface area contributed by atoms with E-state index in [1.54, 1.807) is 6.92 Å². The highest BCUT2D eigenvalue weighted by Crippen LogP contribution is 2.31. The third-order valence-corrected chi connectivity index (χ3v) is 5.65. The van der Waals surface area contributed by atoms with Crippen LogP contribution in [0.25, 0.3) is 11.0 Å². The first-order chi connectivity index (χ1) is 13.2. The van der Waals surface area contributed by atoms with E-state index < -0.39 is 21.8 Å². The predicted octanol–water partition coefficient (Wildman–Crippen LogP) is 4.38. The molecule has 0 spiro atoms. The van der Waals surface area contributed by atoms with Crippen molar-refractivity contribution < 1.29 is 22.4 Å². The third kappa shape index (κ3) is 4.15. The lowest BCUT2D eigenvalue weighted by Crippen LogP contribution is -2.26. The number of para-hydroxylation sites is 1. The molecular formula is C20H20ClNO5S. The number of hydrogen-bond donors (Lipinski definition) is 1. The first kappa shape index (κ1) is 20.2. The fourth-order valence-electron chi connectivity index (χ4n) is 2.79. The van der Waals surface area contributed by atoms with Gasteiger partial charge >= 0.3 is 0 Å². The van der Waals surface area contributed by atoms with Crippen molar-refractivity contribution in [3.63, 3.8) is 0 Å². The van der Waals surface area contributed by atoms with Gasteiger partial charge in [-0.2, -0.15) is 0 Å². The molecule has 1 N–H and O–H groups in total. The van der Waals surface area contributed by atoms with Crippen LogP contribution in [0.3, 0.4) is 0 Å². The average Bonchev–Trinajstić information content (AvgIpc) is 3.06. The molecule has 1 aromatic heterocycles. The number of amides is 1. The number of ether oxygens (including phenoxy) is 1. The first-order valence-electron chi connectivity index (χ1n) is 8.66. The molecular weight excluding hydrogens is 402 g/mol. The summed E-state index contributed by atoms with van der Waals surface area (Å²) in [7, 11) is -3.45. The van der Waals surface area contributed by atoms with Crippen molar-refractivity contribution >= 4 is 38.3 Å². The lowest BCUT2D eigenvalue weighted by molar-refractivity contribution is 0.0935. The zero-order chi connectivity index (χ0) is 20.5. The summed E-state index contributed by atoms with van der Waals surface area (Å²) >= 11 is 6.09. The van der Waals surface area contributed by atoms with Crippen LogP contribution in [0.4, 0.5) is 0 Å². The number of fused-ring (bicyclic) bond motifs is 1. The van der Waals surface area contributed by atoms with E-state index in [0.717, 1.165) is 11.6 Å². The minimum Gasteiger partial charge on any atom is -0.490 e. The molecule has 148 valence electrons. The van der Waals surface area contributed by atoms with Crippen molar-refractivity contribution in [2.45, 2.75) is 24.8 Å². The number of benzene rings is 2. The second kappa shape index (κ2) is 7.85. The first-order valence-corrected chi connectivity index (χ1v) is 10.9. The number of carbonyl (C=O) groups excluding carboxylic acids is 1. The number of halogens is 1. The number of rotatable bonds is 6. The van der Waals surface area contributed by atoms with E-state index in [4.69, 9.17) is 20.8 Å². The normalized spacial score (nSPS) is 12.7. The Morgan fingerprint density at radius 1 is 1.25 bits per heavy atom. The molecule has 3 rings (SSSR count). The van der Waals surface area contributed by atoms with Gasteiger partial charge in [0.1, 0.15) is 5.76 Å². The van der Waals surface area contributed by atoms with Crippen LogP contribution in [0.15, 0.2) is 51.8 Å². The van der Waals surface area contributed by atoms with E-state index in [-0.39, 0.29) is 15.5 Å². The molecule has 0 bridgehead atoms. The van der Waals surface area contributed by atoms with E-state index in [9.17, 15) is 13.2 Å². The van der Waals surface area contributed by atoms with Crippen molar-refractivity contribution in [1.82, 2.24) is 5.32 Å². The molecule has 28 heavy (non-hydrogen) atoms. The summed E-state index contributed by atoms with van der Waals surface area (Å²) < 4.78 is 34.9. The molecule has 0 saturated heterocycles. The van der Waals surface area contributed by atoms with E-state index in [1.165, 1.54) is 18.2 Å². The SMILES string of the molecule is CCOc1cccc2cc(C(C)NC(=O)c3cc(S(C)(=O)=O)ccc3Cl)oc12. The molecule has 1 atom stereocenters. The van der Waals surface area contributed by atoms with Crippen molar-refractivity contribution in [2.75, 3.05) is 12.9 Å². The van der Waals surface area contributed by atoms with Gasteiger partial charge in [-0.15, -0.1) is 0 Å². The quantitative estimate of drug-likeness (QED) is 0.638. The van der Waals surface area contributed by atoms with Crippen LogP contribution < -0.4 is 10.1 Å². The fourth-order valence-corrected chi connectivity index (χ4v) is 3.64. The van der Waals surface area contributed by atoms with Gasteiger partial charge in [0.2, 0.25) is 0 Å². The number of furan rings is 1. The Hall–Kier alpha value is -2.51. The molecule has 0 saturated carbocycles. The molecule has 1 unspecified atom stereocenters. The maximum atomic E-state index is 12.7. The Bertz CT molecular complexity index is 1140. The van der Waals surface area contributed by atoms with E-state index in [1.807, 2.05) is 31.2 Å². The smallest absolute Gasteiger partial charge is 0.253 e. The zero-order valence-electron chi connectivity index (χ0n) is 15.7. The average molecular weight is 422 g/mol. The van der Waals surface area contributed by atoms with Gasteiger partial charge < -0.3 is 14.5 Å². The zero-order valence-corrected chi connectivity index (χ0v) is 17.2. The Balaban J connectivity index is 1.87. The summed E-state index contributed by atoms with van der Waals surface area (Å²) in [5.41, 5.74) is 0.695. The van der Waals surface area contributed by atoms with Crippen molar-refractivity contribution in [3.8, 4) is 5.75 Å². The Labute approximate surface area is 168 Å². The maximum absolute atomic E-state index is 12.7. The Morgan fingerprint density at radius 2 is 2.00 bits per heavy atom. The molecule has 2 aromatic carbocycles. The van der Waals surface area contributed by atoms with Crippen LogP contribution in [-0.2, 0) is 9.84 Å². The van der Waals surface area contributed by atoms with Gasteiger partial charge in [0, 0.05) is 11.6 Å². The molecule has 1 heterocycles. The summed E-state index contributed by atoms with van der Waals surface area (Å²) in [5.74, 6) is 0.688. The van der Waals surface area contributed by atoms with Crippen LogP contribution in [0.5, 0.6) is 5.75 Å². The monoisotopic (exact) mass is 421 g/mol. The van der Waals surface area contributed by atoms with Crippen molar-refractivity contribution in [2.24, 2.45) is 0 Å². The number of hydrogen-bond acceptors (Lipinski definition) is 5. The van der Waals surface area contributed by atoms with Gasteiger partial charge in [0.15, 0.2) is 21.2 Å². The van der Waals surface area contributed by atoms with Gasteiger partial charge in [-0.25, -0.2) is 8.42 Å². The Kier molecular flexibility index (Phi) is 5.67. The van der Waals surface area contributed by atoms with Crippen LogP contribution in [0.1, 0.15) is 36.0 Å². The molecule has 0 fully saturated rings. The van der Waals surface area contributed by atoms with E-state index in [0.29, 0.717) is 23.7 Å². The Morgan fingerprint density at radius 3 is 2.68 bits per heavy atom. The van der Waals surface area contributed by atoms with Gasteiger partial charge in [-0.05, 0) is 44.2 Å². The van der Waals surface area contributed by atoms with E-state index in [2.05, 4.69) is 5.32 Å². The molecule has 0 radical (unpaired) electrons. The second-order valence-corrected chi connectivity index (χ2v) is 8.79. The molecule has 1 amide bonds. The summed E-state index contributed by atoms with van der Waals surface area (Å²) in [6, 6.07) is 11.0. The van der Waals surface area contributed by atoms with Gasteiger partial charge in [0.05, 0.1) is 28.1 Å². The topological polar surface area (TPSA) is 85.6 Å². The van der Waals surface area contributed by atoms with Crippen molar-refractivity contribution in [3.05, 3.63) is 58.8 Å². The van der Waals surface area contributed by atoms with Crippen LogP contribution in [0.2, 0.25) is 5.02 Å².